The number of carboxylic acids is 1. The topological polar surface area (TPSA) is 92.6 Å². The number of likely N-dealkylation sites (N-methyl/N-ethyl adjacent to an activating group) is 1. The van der Waals surface area contributed by atoms with Gasteiger partial charge in [-0.15, -0.1) is 0 Å². The lowest BCUT2D eigenvalue weighted by Gasteiger charge is -2.16. The van der Waals surface area contributed by atoms with E-state index in [9.17, 15) is 9.59 Å². The summed E-state index contributed by atoms with van der Waals surface area (Å²) in [5, 5.41) is 8.50. The Bertz CT molecular complexity index is 436. The zero-order valence-electron chi connectivity index (χ0n) is 10.3. The van der Waals surface area contributed by atoms with E-state index < -0.39 is 5.97 Å². The summed E-state index contributed by atoms with van der Waals surface area (Å²) in [6, 6.07) is 0. The van der Waals surface area contributed by atoms with Crippen LogP contribution >= 0.6 is 0 Å². The van der Waals surface area contributed by atoms with Crippen LogP contribution in [0.4, 0.5) is 0 Å². The van der Waals surface area contributed by atoms with Crippen LogP contribution in [0, 0.1) is 6.92 Å². The molecule has 1 heterocycles. The molecule has 1 aromatic rings. The van der Waals surface area contributed by atoms with Crippen LogP contribution in [0.15, 0.2) is 12.5 Å². The lowest BCUT2D eigenvalue weighted by atomic mass is 10.4. The molecule has 18 heavy (non-hydrogen) atoms. The zero-order chi connectivity index (χ0) is 13.5. The van der Waals surface area contributed by atoms with Crippen molar-refractivity contribution in [2.75, 3.05) is 20.2 Å². The van der Waals surface area contributed by atoms with Gasteiger partial charge in [0.2, 0.25) is 5.88 Å². The van der Waals surface area contributed by atoms with Crippen molar-refractivity contribution in [3.63, 3.8) is 0 Å². The molecule has 98 valence electrons. The van der Waals surface area contributed by atoms with Crippen LogP contribution in [0.2, 0.25) is 0 Å². The van der Waals surface area contributed by atoms with Crippen molar-refractivity contribution in [3.05, 3.63) is 18.1 Å². The van der Waals surface area contributed by atoms with Gasteiger partial charge in [-0.1, -0.05) is 0 Å². The molecule has 1 N–H and O–H groups in total. The van der Waals surface area contributed by atoms with Crippen molar-refractivity contribution >= 4 is 11.9 Å². The van der Waals surface area contributed by atoms with Gasteiger partial charge in [-0.05, 0) is 6.92 Å². The Kier molecular flexibility index (Phi) is 5.04. The Morgan fingerprint density at radius 1 is 1.50 bits per heavy atom. The third kappa shape index (κ3) is 4.36. The van der Waals surface area contributed by atoms with E-state index in [1.807, 2.05) is 0 Å². The minimum Gasteiger partial charge on any atom is -0.481 e. The fourth-order valence-corrected chi connectivity index (χ4v) is 1.17. The fourth-order valence-electron chi connectivity index (χ4n) is 1.17. The standard InChI is InChI=1S/C11H15N3O4/c1-8-5-12-7-13-11(8)18-6-9(15)14(2)4-3-10(16)17/h5,7H,3-4,6H2,1-2H3,(H,16,17). The maximum atomic E-state index is 11.6. The first-order valence-corrected chi connectivity index (χ1v) is 5.36. The number of hydrogen-bond donors (Lipinski definition) is 1. The Hall–Kier alpha value is -2.18. The average Bonchev–Trinajstić information content (AvgIpc) is 2.34. The maximum Gasteiger partial charge on any atom is 0.305 e. The van der Waals surface area contributed by atoms with Crippen LogP contribution in [0.1, 0.15) is 12.0 Å². The fraction of sp³-hybridized carbons (Fsp3) is 0.455. The minimum absolute atomic E-state index is 0.0885. The van der Waals surface area contributed by atoms with E-state index in [4.69, 9.17) is 9.84 Å². The summed E-state index contributed by atoms with van der Waals surface area (Å²) in [6.07, 6.45) is 2.83. The predicted octanol–water partition coefficient (Wildman–Crippen LogP) is 0.0969. The molecule has 1 amide bonds. The summed E-state index contributed by atoms with van der Waals surface area (Å²) < 4.78 is 5.24. The largest absolute Gasteiger partial charge is 0.481 e. The van der Waals surface area contributed by atoms with Crippen LogP contribution in [-0.2, 0) is 9.59 Å². The Labute approximate surface area is 104 Å². The molecule has 0 aliphatic rings. The van der Waals surface area contributed by atoms with Crippen molar-refractivity contribution in [2.45, 2.75) is 13.3 Å². The van der Waals surface area contributed by atoms with Crippen molar-refractivity contribution in [1.82, 2.24) is 14.9 Å². The second-order valence-electron chi connectivity index (χ2n) is 3.76. The number of hydrogen-bond acceptors (Lipinski definition) is 5. The second kappa shape index (κ2) is 6.53. The van der Waals surface area contributed by atoms with Crippen LogP contribution in [0.3, 0.4) is 0 Å². The zero-order valence-corrected chi connectivity index (χ0v) is 10.3. The SMILES string of the molecule is Cc1cncnc1OCC(=O)N(C)CCC(=O)O. The van der Waals surface area contributed by atoms with Crippen LogP contribution in [0.5, 0.6) is 5.88 Å². The molecule has 0 aliphatic heterocycles. The van der Waals surface area contributed by atoms with Crippen LogP contribution < -0.4 is 4.74 Å². The normalized spacial score (nSPS) is 9.89. The molecule has 0 bridgehead atoms. The van der Waals surface area contributed by atoms with Gasteiger partial charge in [0.25, 0.3) is 5.91 Å². The molecule has 0 saturated carbocycles. The van der Waals surface area contributed by atoms with Crippen LogP contribution in [0.25, 0.3) is 0 Å². The molecule has 0 aromatic carbocycles. The Morgan fingerprint density at radius 2 is 2.22 bits per heavy atom. The number of aliphatic carboxylic acids is 1. The summed E-state index contributed by atoms with van der Waals surface area (Å²) in [4.78, 5) is 31.0. The van der Waals surface area contributed by atoms with E-state index in [0.29, 0.717) is 5.88 Å². The lowest BCUT2D eigenvalue weighted by Crippen LogP contribution is -2.33. The van der Waals surface area contributed by atoms with Crippen molar-refractivity contribution in [1.29, 1.82) is 0 Å². The van der Waals surface area contributed by atoms with Crippen molar-refractivity contribution in [2.24, 2.45) is 0 Å². The summed E-state index contributed by atoms with van der Waals surface area (Å²) in [5.41, 5.74) is 0.735. The number of aromatic nitrogens is 2. The van der Waals surface area contributed by atoms with Crippen LogP contribution in [-0.4, -0.2) is 52.1 Å². The summed E-state index contributed by atoms with van der Waals surface area (Å²) >= 11 is 0. The number of amides is 1. The van der Waals surface area contributed by atoms with Gasteiger partial charge in [-0.3, -0.25) is 9.59 Å². The Morgan fingerprint density at radius 3 is 2.83 bits per heavy atom. The summed E-state index contributed by atoms with van der Waals surface area (Å²) in [7, 11) is 1.53. The molecule has 0 aliphatic carbocycles. The average molecular weight is 253 g/mol. The molecule has 7 heteroatoms. The molecule has 1 aromatic heterocycles. The summed E-state index contributed by atoms with van der Waals surface area (Å²) in [6.45, 7) is 1.75. The van der Waals surface area contributed by atoms with Crippen molar-refractivity contribution < 1.29 is 19.4 Å². The monoisotopic (exact) mass is 253 g/mol. The molecule has 7 nitrogen and oxygen atoms in total. The number of carbonyl (C=O) groups is 2. The molecular weight excluding hydrogens is 238 g/mol. The van der Waals surface area contributed by atoms with E-state index >= 15 is 0 Å². The first-order chi connectivity index (χ1) is 8.50. The number of carbonyl (C=O) groups excluding carboxylic acids is 1. The van der Waals surface area contributed by atoms with E-state index in [1.165, 1.54) is 18.3 Å². The van der Waals surface area contributed by atoms with E-state index in [2.05, 4.69) is 9.97 Å². The first-order valence-electron chi connectivity index (χ1n) is 5.36. The molecule has 0 fully saturated rings. The van der Waals surface area contributed by atoms with E-state index in [-0.39, 0.29) is 25.5 Å². The van der Waals surface area contributed by atoms with Gasteiger partial charge in [0.05, 0.1) is 6.42 Å². The highest BCUT2D eigenvalue weighted by molar-refractivity contribution is 5.78. The molecule has 0 atom stereocenters. The number of carboxylic acid groups (broad SMARTS) is 1. The van der Waals surface area contributed by atoms with E-state index in [1.54, 1.807) is 13.1 Å². The first kappa shape index (κ1) is 13.9. The Balaban J connectivity index is 2.41. The van der Waals surface area contributed by atoms with Gasteiger partial charge in [0.15, 0.2) is 6.61 Å². The molecular formula is C11H15N3O4. The number of aryl methyl sites for hydroxylation is 1. The van der Waals surface area contributed by atoms with Gasteiger partial charge >= 0.3 is 5.97 Å². The van der Waals surface area contributed by atoms with Gasteiger partial charge in [0.1, 0.15) is 6.33 Å². The third-order valence-electron chi connectivity index (χ3n) is 2.27. The lowest BCUT2D eigenvalue weighted by molar-refractivity contribution is -0.138. The quantitative estimate of drug-likeness (QED) is 0.772. The van der Waals surface area contributed by atoms with E-state index in [0.717, 1.165) is 5.56 Å². The highest BCUT2D eigenvalue weighted by Gasteiger charge is 2.12. The number of rotatable bonds is 6. The van der Waals surface area contributed by atoms with Gasteiger partial charge < -0.3 is 14.7 Å². The maximum absolute atomic E-state index is 11.6. The molecule has 0 unspecified atom stereocenters. The van der Waals surface area contributed by atoms with Gasteiger partial charge in [-0.2, -0.15) is 0 Å². The van der Waals surface area contributed by atoms with Gasteiger partial charge in [-0.25, -0.2) is 9.97 Å². The van der Waals surface area contributed by atoms with Crippen molar-refractivity contribution in [3.8, 4) is 5.88 Å². The minimum atomic E-state index is -0.942. The molecule has 0 saturated heterocycles. The third-order valence-corrected chi connectivity index (χ3v) is 2.27. The predicted molar refractivity (Wildman–Crippen MR) is 62.2 cm³/mol. The molecule has 0 radical (unpaired) electrons. The number of ether oxygens (including phenoxy) is 1. The van der Waals surface area contributed by atoms with Gasteiger partial charge in [0, 0.05) is 25.4 Å². The molecule has 0 spiro atoms. The number of nitrogens with zero attached hydrogens (tertiary/aromatic N) is 3. The smallest absolute Gasteiger partial charge is 0.305 e. The highest BCUT2D eigenvalue weighted by atomic mass is 16.5. The summed E-state index contributed by atoms with van der Waals surface area (Å²) in [5.74, 6) is -0.888. The second-order valence-corrected chi connectivity index (χ2v) is 3.76. The molecule has 1 rings (SSSR count). The highest BCUT2D eigenvalue weighted by Crippen LogP contribution is 2.10.